The molecule has 0 fully saturated rings. The number of halogens is 1. The van der Waals surface area contributed by atoms with Gasteiger partial charge in [0.25, 0.3) is 5.91 Å². The van der Waals surface area contributed by atoms with Crippen molar-refractivity contribution in [3.8, 4) is 11.5 Å². The molecule has 1 unspecified atom stereocenters. The minimum atomic E-state index is -0.782. The fourth-order valence-corrected chi connectivity index (χ4v) is 2.05. The van der Waals surface area contributed by atoms with Gasteiger partial charge in [-0.25, -0.2) is 4.39 Å². The van der Waals surface area contributed by atoms with Gasteiger partial charge in [-0.15, -0.1) is 0 Å². The van der Waals surface area contributed by atoms with Crippen molar-refractivity contribution >= 4 is 11.6 Å². The third-order valence-corrected chi connectivity index (χ3v) is 3.28. The molecule has 0 spiro atoms. The van der Waals surface area contributed by atoms with Crippen LogP contribution >= 0.6 is 0 Å². The molecular formula is C18H21FN2O3. The van der Waals surface area contributed by atoms with Gasteiger partial charge in [0.05, 0.1) is 0 Å². The molecule has 0 radical (unpaired) electrons. The van der Waals surface area contributed by atoms with Crippen molar-refractivity contribution in [1.82, 2.24) is 0 Å². The summed E-state index contributed by atoms with van der Waals surface area (Å²) in [5.74, 6) is -0.0975. The second kappa shape index (κ2) is 8.88. The molecule has 2 aromatic rings. The second-order valence-electron chi connectivity index (χ2n) is 5.10. The molecule has 0 bridgehead atoms. The highest BCUT2D eigenvalue weighted by molar-refractivity contribution is 5.94. The van der Waals surface area contributed by atoms with E-state index in [1.165, 1.54) is 12.1 Å². The van der Waals surface area contributed by atoms with E-state index in [0.717, 1.165) is 0 Å². The summed E-state index contributed by atoms with van der Waals surface area (Å²) in [6.07, 6.45) is -0.368. The van der Waals surface area contributed by atoms with Gasteiger partial charge in [0.15, 0.2) is 17.7 Å². The number of nitrogens with two attached hydrogens (primary N) is 1. The number of hydrogen-bond acceptors (Lipinski definition) is 4. The SMILES string of the molecule is CCC(Oc1ccccc1F)C(=O)Nc1ccc(OCCN)cc1. The zero-order chi connectivity index (χ0) is 17.4. The summed E-state index contributed by atoms with van der Waals surface area (Å²) in [5.41, 5.74) is 5.98. The fraction of sp³-hybridized carbons (Fsp3) is 0.278. The van der Waals surface area contributed by atoms with Gasteiger partial charge in [-0.2, -0.15) is 0 Å². The molecule has 0 heterocycles. The van der Waals surface area contributed by atoms with Crippen LogP contribution in [0.4, 0.5) is 10.1 Å². The van der Waals surface area contributed by atoms with Gasteiger partial charge in [-0.1, -0.05) is 19.1 Å². The van der Waals surface area contributed by atoms with E-state index < -0.39 is 11.9 Å². The molecule has 24 heavy (non-hydrogen) atoms. The molecule has 6 heteroatoms. The van der Waals surface area contributed by atoms with Crippen molar-refractivity contribution in [2.75, 3.05) is 18.5 Å². The molecule has 0 aliphatic rings. The highest BCUT2D eigenvalue weighted by Crippen LogP contribution is 2.20. The number of carbonyl (C=O) groups excluding carboxylic acids is 1. The molecule has 0 aromatic heterocycles. The topological polar surface area (TPSA) is 73.6 Å². The van der Waals surface area contributed by atoms with Gasteiger partial charge >= 0.3 is 0 Å². The highest BCUT2D eigenvalue weighted by atomic mass is 19.1. The summed E-state index contributed by atoms with van der Waals surface area (Å²) in [5, 5.41) is 2.75. The first-order valence-electron chi connectivity index (χ1n) is 7.79. The zero-order valence-electron chi connectivity index (χ0n) is 13.5. The highest BCUT2D eigenvalue weighted by Gasteiger charge is 2.20. The monoisotopic (exact) mass is 332 g/mol. The Kier molecular flexibility index (Phi) is 6.57. The second-order valence-corrected chi connectivity index (χ2v) is 5.10. The Morgan fingerprint density at radius 1 is 1.21 bits per heavy atom. The van der Waals surface area contributed by atoms with E-state index in [-0.39, 0.29) is 11.7 Å². The lowest BCUT2D eigenvalue weighted by Gasteiger charge is -2.17. The maximum atomic E-state index is 13.6. The molecule has 0 aliphatic carbocycles. The van der Waals surface area contributed by atoms with Crippen LogP contribution in [-0.4, -0.2) is 25.2 Å². The predicted molar refractivity (Wildman–Crippen MR) is 90.7 cm³/mol. The minimum Gasteiger partial charge on any atom is -0.492 e. The van der Waals surface area contributed by atoms with Crippen molar-refractivity contribution in [2.24, 2.45) is 5.73 Å². The van der Waals surface area contributed by atoms with E-state index in [1.807, 2.05) is 0 Å². The molecule has 5 nitrogen and oxygen atoms in total. The predicted octanol–water partition coefficient (Wildman–Crippen LogP) is 2.96. The molecule has 0 saturated heterocycles. The number of anilines is 1. The Labute approximate surface area is 140 Å². The first-order chi connectivity index (χ1) is 11.6. The third kappa shape index (κ3) is 4.96. The third-order valence-electron chi connectivity index (χ3n) is 3.28. The molecule has 2 aromatic carbocycles. The van der Waals surface area contributed by atoms with Gasteiger partial charge in [0.2, 0.25) is 0 Å². The number of rotatable bonds is 8. The fourth-order valence-electron chi connectivity index (χ4n) is 2.05. The molecule has 1 amide bonds. The van der Waals surface area contributed by atoms with Gasteiger partial charge in [-0.05, 0) is 42.8 Å². The number of amides is 1. The van der Waals surface area contributed by atoms with Gasteiger partial charge < -0.3 is 20.5 Å². The van der Waals surface area contributed by atoms with Crippen LogP contribution in [0.3, 0.4) is 0 Å². The van der Waals surface area contributed by atoms with Crippen LogP contribution in [0.25, 0.3) is 0 Å². The molecule has 1 atom stereocenters. The summed E-state index contributed by atoms with van der Waals surface area (Å²) < 4.78 is 24.5. The normalized spacial score (nSPS) is 11.6. The van der Waals surface area contributed by atoms with E-state index in [1.54, 1.807) is 43.3 Å². The largest absolute Gasteiger partial charge is 0.492 e. The Bertz CT molecular complexity index is 662. The Morgan fingerprint density at radius 2 is 1.92 bits per heavy atom. The van der Waals surface area contributed by atoms with Crippen LogP contribution in [0, 0.1) is 5.82 Å². The standard InChI is InChI=1S/C18H21FN2O3/c1-2-16(24-17-6-4-3-5-15(17)19)18(22)21-13-7-9-14(10-8-13)23-12-11-20/h3-10,16H,2,11-12,20H2,1H3,(H,21,22). The van der Waals surface area contributed by atoms with Crippen LogP contribution in [0.1, 0.15) is 13.3 Å². The van der Waals surface area contributed by atoms with Crippen LogP contribution in [0.2, 0.25) is 0 Å². The quantitative estimate of drug-likeness (QED) is 0.779. The average Bonchev–Trinajstić information content (AvgIpc) is 2.60. The van der Waals surface area contributed by atoms with Crippen molar-refractivity contribution in [3.63, 3.8) is 0 Å². The summed E-state index contributed by atoms with van der Waals surface area (Å²) in [4.78, 5) is 12.3. The van der Waals surface area contributed by atoms with Crippen molar-refractivity contribution < 1.29 is 18.7 Å². The first-order valence-corrected chi connectivity index (χ1v) is 7.79. The van der Waals surface area contributed by atoms with E-state index >= 15 is 0 Å². The number of nitrogens with one attached hydrogen (secondary N) is 1. The number of hydrogen-bond donors (Lipinski definition) is 2. The molecule has 128 valence electrons. The van der Waals surface area contributed by atoms with E-state index in [2.05, 4.69) is 5.32 Å². The van der Waals surface area contributed by atoms with Gasteiger partial charge in [0.1, 0.15) is 12.4 Å². The van der Waals surface area contributed by atoms with E-state index in [4.69, 9.17) is 15.2 Å². The molecular weight excluding hydrogens is 311 g/mol. The lowest BCUT2D eigenvalue weighted by molar-refractivity contribution is -0.122. The van der Waals surface area contributed by atoms with Crippen molar-refractivity contribution in [1.29, 1.82) is 0 Å². The van der Waals surface area contributed by atoms with E-state index in [0.29, 0.717) is 31.0 Å². The number of benzene rings is 2. The van der Waals surface area contributed by atoms with E-state index in [9.17, 15) is 9.18 Å². The Hall–Kier alpha value is -2.60. The summed E-state index contributed by atoms with van der Waals surface area (Å²) in [6.45, 7) is 2.67. The summed E-state index contributed by atoms with van der Waals surface area (Å²) >= 11 is 0. The Morgan fingerprint density at radius 3 is 2.54 bits per heavy atom. The van der Waals surface area contributed by atoms with Gasteiger partial charge in [0, 0.05) is 12.2 Å². The first kappa shape index (κ1) is 17.7. The summed E-state index contributed by atoms with van der Waals surface area (Å²) in [6, 6.07) is 12.9. The molecule has 0 aliphatic heterocycles. The van der Waals surface area contributed by atoms with Crippen LogP contribution in [0.5, 0.6) is 11.5 Å². The average molecular weight is 332 g/mol. The number of ether oxygens (including phenoxy) is 2. The zero-order valence-corrected chi connectivity index (χ0v) is 13.5. The van der Waals surface area contributed by atoms with Crippen molar-refractivity contribution in [2.45, 2.75) is 19.4 Å². The maximum Gasteiger partial charge on any atom is 0.265 e. The smallest absolute Gasteiger partial charge is 0.265 e. The minimum absolute atomic E-state index is 0.0602. The summed E-state index contributed by atoms with van der Waals surface area (Å²) in [7, 11) is 0. The Balaban J connectivity index is 1.97. The number of carbonyl (C=O) groups is 1. The molecule has 0 saturated carbocycles. The van der Waals surface area contributed by atoms with Crippen LogP contribution in [0.15, 0.2) is 48.5 Å². The van der Waals surface area contributed by atoms with Crippen LogP contribution in [-0.2, 0) is 4.79 Å². The maximum absolute atomic E-state index is 13.6. The molecule has 2 rings (SSSR count). The van der Waals surface area contributed by atoms with Crippen LogP contribution < -0.4 is 20.5 Å². The van der Waals surface area contributed by atoms with Crippen molar-refractivity contribution in [3.05, 3.63) is 54.3 Å². The lowest BCUT2D eigenvalue weighted by atomic mass is 10.2. The van der Waals surface area contributed by atoms with Gasteiger partial charge in [-0.3, -0.25) is 4.79 Å². The number of para-hydroxylation sites is 1. The lowest BCUT2D eigenvalue weighted by Crippen LogP contribution is -2.32. The molecule has 3 N–H and O–H groups in total.